The van der Waals surface area contributed by atoms with Crippen molar-refractivity contribution in [3.63, 3.8) is 0 Å². The number of hydrogen-bond donors (Lipinski definition) is 2. The Hall–Kier alpha value is -2.63. The van der Waals surface area contributed by atoms with E-state index in [-0.39, 0.29) is 12.5 Å². The van der Waals surface area contributed by atoms with E-state index in [2.05, 4.69) is 24.9 Å². The summed E-state index contributed by atoms with van der Waals surface area (Å²) in [6.07, 6.45) is 1.52. The van der Waals surface area contributed by atoms with Gasteiger partial charge in [0.25, 0.3) is 5.91 Å². The minimum atomic E-state index is -3.41. The Kier molecular flexibility index (Phi) is 5.43. The van der Waals surface area contributed by atoms with Gasteiger partial charge in [0.1, 0.15) is 10.7 Å². The standard InChI is InChI=1S/C19H22N6O3S2/c1-11-16(29-12(2)20-11)19(26)25-10-14(24-30(3,27)28)9-15(25)18-21-17(22-23-18)13-7-5-4-6-8-13/h4-8,14-15,24H,9-10H2,1-3H3,(H,21,22,23). The van der Waals surface area contributed by atoms with Gasteiger partial charge in [-0.1, -0.05) is 30.3 Å². The van der Waals surface area contributed by atoms with Crippen LogP contribution < -0.4 is 4.72 Å². The molecule has 3 heterocycles. The first-order valence-electron chi connectivity index (χ1n) is 9.41. The molecular formula is C19H22N6O3S2. The fraction of sp³-hybridized carbons (Fsp3) is 0.368. The fourth-order valence-corrected chi connectivity index (χ4v) is 5.36. The van der Waals surface area contributed by atoms with Gasteiger partial charge in [-0.2, -0.15) is 5.10 Å². The van der Waals surface area contributed by atoms with E-state index in [0.29, 0.717) is 28.6 Å². The highest BCUT2D eigenvalue weighted by Crippen LogP contribution is 2.34. The maximum absolute atomic E-state index is 13.3. The van der Waals surface area contributed by atoms with Gasteiger partial charge in [-0.15, -0.1) is 11.3 Å². The number of aromatic nitrogens is 4. The molecule has 1 amide bonds. The van der Waals surface area contributed by atoms with Crippen LogP contribution in [0.1, 0.15) is 38.7 Å². The predicted octanol–water partition coefficient (Wildman–Crippen LogP) is 2.05. The summed E-state index contributed by atoms with van der Waals surface area (Å²) in [6.45, 7) is 3.90. The van der Waals surface area contributed by atoms with Gasteiger partial charge in [0.05, 0.1) is 23.0 Å². The first kappa shape index (κ1) is 20.6. The van der Waals surface area contributed by atoms with Crippen molar-refractivity contribution >= 4 is 27.3 Å². The lowest BCUT2D eigenvalue weighted by atomic mass is 10.1. The number of H-pyrrole nitrogens is 1. The number of aromatic amines is 1. The van der Waals surface area contributed by atoms with Gasteiger partial charge in [0, 0.05) is 18.2 Å². The summed E-state index contributed by atoms with van der Waals surface area (Å²) in [5.41, 5.74) is 1.53. The largest absolute Gasteiger partial charge is 0.326 e. The molecule has 0 saturated carbocycles. The molecule has 1 aromatic carbocycles. The van der Waals surface area contributed by atoms with Crippen LogP contribution in [-0.4, -0.2) is 58.2 Å². The molecule has 0 radical (unpaired) electrons. The Balaban J connectivity index is 1.67. The molecule has 1 fully saturated rings. The van der Waals surface area contributed by atoms with Crippen LogP contribution in [0.15, 0.2) is 30.3 Å². The van der Waals surface area contributed by atoms with E-state index in [4.69, 9.17) is 0 Å². The Morgan fingerprint density at radius 1 is 1.23 bits per heavy atom. The average Bonchev–Trinajstić information content (AvgIpc) is 3.39. The molecule has 1 saturated heterocycles. The summed E-state index contributed by atoms with van der Waals surface area (Å²) in [6, 6.07) is 8.69. The van der Waals surface area contributed by atoms with Crippen molar-refractivity contribution < 1.29 is 13.2 Å². The number of carbonyl (C=O) groups is 1. The van der Waals surface area contributed by atoms with Crippen LogP contribution in [0.5, 0.6) is 0 Å². The summed E-state index contributed by atoms with van der Waals surface area (Å²) in [7, 11) is -3.41. The third-order valence-electron chi connectivity index (χ3n) is 4.89. The molecule has 2 unspecified atom stereocenters. The second kappa shape index (κ2) is 7.89. The molecule has 0 bridgehead atoms. The number of thiazole rings is 1. The van der Waals surface area contributed by atoms with Crippen LogP contribution in [0.3, 0.4) is 0 Å². The quantitative estimate of drug-likeness (QED) is 0.619. The number of nitrogens with zero attached hydrogens (tertiary/aromatic N) is 4. The molecular weight excluding hydrogens is 424 g/mol. The van der Waals surface area contributed by atoms with Crippen LogP contribution in [0, 0.1) is 13.8 Å². The third-order valence-corrected chi connectivity index (χ3v) is 6.71. The van der Waals surface area contributed by atoms with Crippen molar-refractivity contribution in [2.45, 2.75) is 32.4 Å². The molecule has 2 aromatic heterocycles. The maximum atomic E-state index is 13.3. The summed E-state index contributed by atoms with van der Waals surface area (Å²) in [4.78, 5) is 24.5. The minimum absolute atomic E-state index is 0.182. The molecule has 0 aliphatic carbocycles. The number of aryl methyl sites for hydroxylation is 2. The molecule has 3 aromatic rings. The van der Waals surface area contributed by atoms with Crippen molar-refractivity contribution in [2.75, 3.05) is 12.8 Å². The smallest absolute Gasteiger partial charge is 0.266 e. The lowest BCUT2D eigenvalue weighted by molar-refractivity contribution is 0.0732. The van der Waals surface area contributed by atoms with E-state index >= 15 is 0 Å². The van der Waals surface area contributed by atoms with Crippen molar-refractivity contribution in [3.8, 4) is 11.4 Å². The number of amides is 1. The van der Waals surface area contributed by atoms with Gasteiger partial charge < -0.3 is 4.90 Å². The van der Waals surface area contributed by atoms with Crippen LogP contribution in [0.4, 0.5) is 0 Å². The third kappa shape index (κ3) is 4.27. The lowest BCUT2D eigenvalue weighted by Gasteiger charge is -2.22. The number of hydrogen-bond acceptors (Lipinski definition) is 7. The highest BCUT2D eigenvalue weighted by atomic mass is 32.2. The zero-order chi connectivity index (χ0) is 21.5. The van der Waals surface area contributed by atoms with E-state index < -0.39 is 22.1 Å². The Morgan fingerprint density at radius 2 is 1.97 bits per heavy atom. The summed E-state index contributed by atoms with van der Waals surface area (Å²) in [5, 5.41) is 8.05. The van der Waals surface area contributed by atoms with Crippen LogP contribution in [0.25, 0.3) is 11.4 Å². The van der Waals surface area contributed by atoms with Crippen molar-refractivity contribution in [1.82, 2.24) is 29.8 Å². The summed E-state index contributed by atoms with van der Waals surface area (Å²) >= 11 is 1.34. The van der Waals surface area contributed by atoms with Crippen molar-refractivity contribution in [2.24, 2.45) is 0 Å². The first-order valence-corrected chi connectivity index (χ1v) is 12.1. The molecule has 11 heteroatoms. The molecule has 30 heavy (non-hydrogen) atoms. The van der Waals surface area contributed by atoms with Crippen molar-refractivity contribution in [3.05, 3.63) is 51.7 Å². The molecule has 0 spiro atoms. The second-order valence-corrected chi connectivity index (χ2v) is 10.3. The Labute approximate surface area is 178 Å². The van der Waals surface area contributed by atoms with E-state index in [1.807, 2.05) is 37.3 Å². The van der Waals surface area contributed by atoms with Gasteiger partial charge in [-0.05, 0) is 20.3 Å². The summed E-state index contributed by atoms with van der Waals surface area (Å²) < 4.78 is 26.1. The SMILES string of the molecule is Cc1nc(C)c(C(=O)N2CC(NS(C)(=O)=O)CC2c2nc(-c3ccccc3)n[nH]2)s1. The van der Waals surface area contributed by atoms with Gasteiger partial charge >= 0.3 is 0 Å². The molecule has 1 aliphatic rings. The van der Waals surface area contributed by atoms with Gasteiger partial charge in [-0.3, -0.25) is 9.89 Å². The van der Waals surface area contributed by atoms with E-state index in [0.717, 1.165) is 16.8 Å². The van der Waals surface area contributed by atoms with Gasteiger partial charge in [0.15, 0.2) is 5.82 Å². The predicted molar refractivity (Wildman–Crippen MR) is 114 cm³/mol. The first-order chi connectivity index (χ1) is 14.2. The van der Waals surface area contributed by atoms with Gasteiger partial charge in [0.2, 0.25) is 10.0 Å². The number of likely N-dealkylation sites (tertiary alicyclic amines) is 1. The molecule has 9 nitrogen and oxygen atoms in total. The Bertz CT molecular complexity index is 1170. The van der Waals surface area contributed by atoms with Crippen molar-refractivity contribution in [1.29, 1.82) is 0 Å². The van der Waals surface area contributed by atoms with Crippen LogP contribution >= 0.6 is 11.3 Å². The number of rotatable bonds is 5. The van der Waals surface area contributed by atoms with Crippen LogP contribution in [0.2, 0.25) is 0 Å². The van der Waals surface area contributed by atoms with E-state index in [1.54, 1.807) is 11.8 Å². The average molecular weight is 447 g/mol. The number of nitrogens with one attached hydrogen (secondary N) is 2. The second-order valence-electron chi connectivity index (χ2n) is 7.35. The number of sulfonamides is 1. The fourth-order valence-electron chi connectivity index (χ4n) is 3.71. The highest BCUT2D eigenvalue weighted by Gasteiger charge is 2.40. The molecule has 1 aliphatic heterocycles. The zero-order valence-electron chi connectivity index (χ0n) is 16.8. The van der Waals surface area contributed by atoms with Gasteiger partial charge in [-0.25, -0.2) is 23.1 Å². The molecule has 158 valence electrons. The lowest BCUT2D eigenvalue weighted by Crippen LogP contribution is -2.38. The number of carbonyl (C=O) groups excluding carboxylic acids is 1. The van der Waals surface area contributed by atoms with E-state index in [1.165, 1.54) is 11.3 Å². The zero-order valence-corrected chi connectivity index (χ0v) is 18.4. The minimum Gasteiger partial charge on any atom is -0.326 e. The Morgan fingerprint density at radius 3 is 2.60 bits per heavy atom. The summed E-state index contributed by atoms with van der Waals surface area (Å²) in [5.74, 6) is 0.875. The topological polar surface area (TPSA) is 121 Å². The molecule has 2 atom stereocenters. The molecule has 2 N–H and O–H groups in total. The number of benzene rings is 1. The van der Waals surface area contributed by atoms with E-state index in [9.17, 15) is 13.2 Å². The maximum Gasteiger partial charge on any atom is 0.266 e. The normalized spacial score (nSPS) is 19.4. The van der Waals surface area contributed by atoms with Crippen LogP contribution in [-0.2, 0) is 10.0 Å². The molecule has 4 rings (SSSR count). The monoisotopic (exact) mass is 446 g/mol. The highest BCUT2D eigenvalue weighted by molar-refractivity contribution is 7.88.